The summed E-state index contributed by atoms with van der Waals surface area (Å²) in [5, 5.41) is 12.3. The first-order valence-electron chi connectivity index (χ1n) is 7.26. The number of benzene rings is 2. The largest absolute Gasteiger partial charge is 0.394 e. The minimum absolute atomic E-state index is 0.0813. The number of hydrogen-bond acceptors (Lipinski definition) is 2. The van der Waals surface area contributed by atoms with E-state index in [1.807, 2.05) is 54.6 Å². The van der Waals surface area contributed by atoms with Gasteiger partial charge in [-0.25, -0.2) is 0 Å². The lowest BCUT2D eigenvalue weighted by molar-refractivity contribution is -0.121. The molecular formula is C18H21NO2. The fourth-order valence-corrected chi connectivity index (χ4v) is 2.24. The van der Waals surface area contributed by atoms with E-state index in [1.54, 1.807) is 0 Å². The van der Waals surface area contributed by atoms with Gasteiger partial charge in [-0.1, -0.05) is 61.5 Å². The zero-order chi connectivity index (χ0) is 15.1. The first-order chi connectivity index (χ1) is 10.2. The normalized spacial score (nSPS) is 11.9. The molecule has 2 aromatic rings. The van der Waals surface area contributed by atoms with Crippen molar-refractivity contribution >= 4 is 5.91 Å². The molecule has 3 heteroatoms. The number of hydrogen-bond donors (Lipinski definition) is 2. The molecule has 0 heterocycles. The molecule has 110 valence electrons. The highest BCUT2D eigenvalue weighted by molar-refractivity contribution is 5.79. The third-order valence-corrected chi connectivity index (χ3v) is 3.52. The van der Waals surface area contributed by atoms with Crippen LogP contribution in [-0.2, 0) is 17.6 Å². The summed E-state index contributed by atoms with van der Waals surface area (Å²) in [4.78, 5) is 12.1. The van der Waals surface area contributed by atoms with Gasteiger partial charge in [0, 0.05) is 0 Å². The number of aliphatic hydroxyl groups excluding tert-OH is 1. The van der Waals surface area contributed by atoms with Gasteiger partial charge in [0.15, 0.2) is 0 Å². The van der Waals surface area contributed by atoms with Crippen molar-refractivity contribution in [2.75, 3.05) is 6.61 Å². The Labute approximate surface area is 125 Å². The monoisotopic (exact) mass is 283 g/mol. The molecule has 0 saturated carbocycles. The molecule has 3 nitrogen and oxygen atoms in total. The minimum Gasteiger partial charge on any atom is -0.394 e. The summed E-state index contributed by atoms with van der Waals surface area (Å²) in [5.74, 6) is -0.0813. The maximum Gasteiger partial charge on any atom is 0.224 e. The molecule has 0 fully saturated rings. The van der Waals surface area contributed by atoms with E-state index in [1.165, 1.54) is 5.56 Å². The minimum atomic E-state index is -0.353. The Hall–Kier alpha value is -2.13. The third kappa shape index (κ3) is 4.43. The predicted molar refractivity (Wildman–Crippen MR) is 83.9 cm³/mol. The molecule has 0 aliphatic heterocycles. The lowest BCUT2D eigenvalue weighted by Gasteiger charge is -2.16. The zero-order valence-electron chi connectivity index (χ0n) is 12.3. The molecule has 0 radical (unpaired) electrons. The Morgan fingerprint density at radius 1 is 1.05 bits per heavy atom. The van der Waals surface area contributed by atoms with Gasteiger partial charge in [-0.2, -0.15) is 0 Å². The van der Waals surface area contributed by atoms with Crippen LogP contribution in [0.25, 0.3) is 0 Å². The fraction of sp³-hybridized carbons (Fsp3) is 0.278. The number of rotatable bonds is 6. The molecule has 1 unspecified atom stereocenters. The zero-order valence-corrected chi connectivity index (χ0v) is 12.3. The summed E-state index contributed by atoms with van der Waals surface area (Å²) in [5.41, 5.74) is 3.15. The summed E-state index contributed by atoms with van der Waals surface area (Å²) in [6.07, 6.45) is 1.32. The molecule has 21 heavy (non-hydrogen) atoms. The lowest BCUT2D eigenvalue weighted by Crippen LogP contribution is -2.31. The van der Waals surface area contributed by atoms with E-state index in [0.29, 0.717) is 6.42 Å². The first-order valence-corrected chi connectivity index (χ1v) is 7.26. The van der Waals surface area contributed by atoms with Gasteiger partial charge >= 0.3 is 0 Å². The van der Waals surface area contributed by atoms with Crippen LogP contribution in [0, 0.1) is 0 Å². The van der Waals surface area contributed by atoms with Crippen LogP contribution in [0.4, 0.5) is 0 Å². The van der Waals surface area contributed by atoms with Crippen LogP contribution >= 0.6 is 0 Å². The number of carbonyl (C=O) groups is 1. The quantitative estimate of drug-likeness (QED) is 0.856. The maximum absolute atomic E-state index is 12.1. The van der Waals surface area contributed by atoms with E-state index in [2.05, 4.69) is 12.2 Å². The van der Waals surface area contributed by atoms with Crippen molar-refractivity contribution in [3.63, 3.8) is 0 Å². The summed E-state index contributed by atoms with van der Waals surface area (Å²) in [6.45, 7) is 2.00. The number of carbonyl (C=O) groups excluding carboxylic acids is 1. The van der Waals surface area contributed by atoms with Gasteiger partial charge < -0.3 is 10.4 Å². The molecule has 0 saturated heterocycles. The van der Waals surface area contributed by atoms with Crippen LogP contribution < -0.4 is 5.32 Å². The lowest BCUT2D eigenvalue weighted by atomic mass is 10.1. The smallest absolute Gasteiger partial charge is 0.224 e. The van der Waals surface area contributed by atoms with Crippen molar-refractivity contribution in [3.05, 3.63) is 71.3 Å². The second-order valence-electron chi connectivity index (χ2n) is 5.06. The van der Waals surface area contributed by atoms with Crippen LogP contribution in [-0.4, -0.2) is 17.6 Å². The summed E-state index contributed by atoms with van der Waals surface area (Å²) < 4.78 is 0. The molecule has 2 rings (SSSR count). The molecule has 0 bridgehead atoms. The number of aryl methyl sites for hydroxylation is 1. The van der Waals surface area contributed by atoms with E-state index in [4.69, 9.17) is 0 Å². The highest BCUT2D eigenvalue weighted by atomic mass is 16.3. The molecule has 0 aliphatic rings. The fourth-order valence-electron chi connectivity index (χ4n) is 2.24. The van der Waals surface area contributed by atoms with Gasteiger partial charge in [0.2, 0.25) is 5.91 Å². The van der Waals surface area contributed by atoms with Gasteiger partial charge in [-0.15, -0.1) is 0 Å². The number of aliphatic hydroxyl groups is 1. The predicted octanol–water partition coefficient (Wildman–Crippen LogP) is 2.64. The van der Waals surface area contributed by atoms with E-state index in [9.17, 15) is 9.90 Å². The Morgan fingerprint density at radius 3 is 2.24 bits per heavy atom. The second-order valence-corrected chi connectivity index (χ2v) is 5.06. The van der Waals surface area contributed by atoms with Crippen molar-refractivity contribution in [1.82, 2.24) is 5.32 Å². The van der Waals surface area contributed by atoms with E-state index < -0.39 is 0 Å². The van der Waals surface area contributed by atoms with Crippen molar-refractivity contribution < 1.29 is 9.90 Å². The topological polar surface area (TPSA) is 49.3 Å². The highest BCUT2D eigenvalue weighted by Crippen LogP contribution is 2.12. The molecule has 2 N–H and O–H groups in total. The van der Waals surface area contributed by atoms with Crippen molar-refractivity contribution in [3.8, 4) is 0 Å². The standard InChI is InChI=1S/C18H21NO2/c1-2-14-8-10-15(11-9-14)12-18(21)19-17(13-20)16-6-4-3-5-7-16/h3-11,17,20H,2,12-13H2,1H3,(H,19,21). The maximum atomic E-state index is 12.1. The van der Waals surface area contributed by atoms with Crippen molar-refractivity contribution in [1.29, 1.82) is 0 Å². The third-order valence-electron chi connectivity index (χ3n) is 3.52. The summed E-state index contributed by atoms with van der Waals surface area (Å²) in [7, 11) is 0. The number of nitrogens with one attached hydrogen (secondary N) is 1. The Balaban J connectivity index is 1.96. The van der Waals surface area contributed by atoms with E-state index >= 15 is 0 Å². The average molecular weight is 283 g/mol. The second kappa shape index (κ2) is 7.60. The molecule has 1 atom stereocenters. The van der Waals surface area contributed by atoms with Crippen molar-refractivity contribution in [2.24, 2.45) is 0 Å². The summed E-state index contributed by atoms with van der Waals surface area (Å²) >= 11 is 0. The molecular weight excluding hydrogens is 262 g/mol. The Morgan fingerprint density at radius 2 is 1.67 bits per heavy atom. The molecule has 0 aromatic heterocycles. The van der Waals surface area contributed by atoms with Crippen LogP contribution in [0.2, 0.25) is 0 Å². The average Bonchev–Trinajstić information content (AvgIpc) is 2.54. The number of amides is 1. The SMILES string of the molecule is CCc1ccc(CC(=O)NC(CO)c2ccccc2)cc1. The van der Waals surface area contributed by atoms with Gasteiger partial charge in [0.05, 0.1) is 19.1 Å². The first kappa shape index (κ1) is 15.3. The van der Waals surface area contributed by atoms with Crippen LogP contribution in [0.3, 0.4) is 0 Å². The molecule has 1 amide bonds. The van der Waals surface area contributed by atoms with Gasteiger partial charge in [-0.05, 0) is 23.1 Å². The van der Waals surface area contributed by atoms with Gasteiger partial charge in [0.1, 0.15) is 0 Å². The molecule has 2 aromatic carbocycles. The van der Waals surface area contributed by atoms with Gasteiger partial charge in [-0.3, -0.25) is 4.79 Å². The van der Waals surface area contributed by atoms with Crippen molar-refractivity contribution in [2.45, 2.75) is 25.8 Å². The van der Waals surface area contributed by atoms with Crippen LogP contribution in [0.1, 0.15) is 29.7 Å². The van der Waals surface area contributed by atoms with Crippen LogP contribution in [0.5, 0.6) is 0 Å². The highest BCUT2D eigenvalue weighted by Gasteiger charge is 2.13. The molecule has 0 spiro atoms. The van der Waals surface area contributed by atoms with Gasteiger partial charge in [0.25, 0.3) is 0 Å². The van der Waals surface area contributed by atoms with E-state index in [-0.39, 0.29) is 18.6 Å². The summed E-state index contributed by atoms with van der Waals surface area (Å²) in [6, 6.07) is 17.2. The van der Waals surface area contributed by atoms with E-state index in [0.717, 1.165) is 17.5 Å². The Bertz CT molecular complexity index is 564. The molecule has 0 aliphatic carbocycles. The van der Waals surface area contributed by atoms with Crippen LogP contribution in [0.15, 0.2) is 54.6 Å². The Kier molecular flexibility index (Phi) is 5.52.